The highest BCUT2D eigenvalue weighted by molar-refractivity contribution is 8.08. The number of carbonyl (C=O) groups is 1. The topological polar surface area (TPSA) is 83.9 Å². The van der Waals surface area contributed by atoms with Crippen LogP contribution in [0, 0.1) is 19.7 Å². The Morgan fingerprint density at radius 2 is 1.59 bits per heavy atom. The first-order chi connectivity index (χ1) is 15.1. The molecule has 6 nitrogen and oxygen atoms in total. The molecule has 0 amide bonds. The fourth-order valence-electron chi connectivity index (χ4n) is 2.92. The van der Waals surface area contributed by atoms with Crippen molar-refractivity contribution in [2.24, 2.45) is 0 Å². The fraction of sp³-hybridized carbons (Fsp3) is 0.174. The number of nitrogens with zero attached hydrogens (tertiary/aromatic N) is 1. The Morgan fingerprint density at radius 3 is 2.12 bits per heavy atom. The molecule has 0 aliphatic rings. The summed E-state index contributed by atoms with van der Waals surface area (Å²) >= 11 is 1.02. The van der Waals surface area contributed by atoms with Crippen molar-refractivity contribution < 1.29 is 27.4 Å². The van der Waals surface area contributed by atoms with Crippen molar-refractivity contribution in [1.29, 1.82) is 0 Å². The van der Waals surface area contributed by atoms with Gasteiger partial charge in [-0.3, -0.25) is 0 Å². The Balaban J connectivity index is 1.81. The average molecular weight is 476 g/mol. The van der Waals surface area contributed by atoms with Crippen LogP contribution in [0.1, 0.15) is 28.4 Å². The minimum atomic E-state index is -3.94. The molecule has 0 bridgehead atoms. The van der Waals surface area contributed by atoms with Gasteiger partial charge in [0.25, 0.3) is 10.0 Å². The van der Waals surface area contributed by atoms with Gasteiger partial charge in [0.2, 0.25) is 0 Å². The first-order valence-corrected chi connectivity index (χ1v) is 11.9. The van der Waals surface area contributed by atoms with E-state index < -0.39 is 16.0 Å². The summed E-state index contributed by atoms with van der Waals surface area (Å²) in [6, 6.07) is 15.1. The van der Waals surface area contributed by atoms with Crippen LogP contribution >= 0.6 is 11.9 Å². The molecule has 0 aliphatic heterocycles. The van der Waals surface area contributed by atoms with Gasteiger partial charge in [0, 0.05) is 11.4 Å². The van der Waals surface area contributed by atoms with E-state index in [1.807, 2.05) is 0 Å². The number of carboxylic acid groups (broad SMARTS) is 1. The van der Waals surface area contributed by atoms with Crippen LogP contribution in [0.3, 0.4) is 0 Å². The summed E-state index contributed by atoms with van der Waals surface area (Å²) in [5.74, 6) is -0.528. The van der Waals surface area contributed by atoms with Crippen LogP contribution in [-0.2, 0) is 10.0 Å². The lowest BCUT2D eigenvalue weighted by Crippen LogP contribution is -2.25. The number of ether oxygens (including phenoxy) is 1. The molecular weight excluding hydrogens is 453 g/mol. The SMILES string of the molecule is CCN(Sc1ccc(Oc2ccc(F)cc2)cc1)S(=O)(=O)c1cc(C)c(C)c(C(=O)O)c1. The Bertz CT molecular complexity index is 1230. The lowest BCUT2D eigenvalue weighted by Gasteiger charge is -2.20. The Hall–Kier alpha value is -2.88. The van der Waals surface area contributed by atoms with Gasteiger partial charge in [0.05, 0.1) is 10.5 Å². The Labute approximate surface area is 190 Å². The first kappa shape index (κ1) is 23.8. The molecule has 0 heterocycles. The predicted octanol–water partition coefficient (Wildman–Crippen LogP) is 5.65. The van der Waals surface area contributed by atoms with Crippen LogP contribution in [0.2, 0.25) is 0 Å². The molecule has 0 unspecified atom stereocenters. The lowest BCUT2D eigenvalue weighted by atomic mass is 10.0. The van der Waals surface area contributed by atoms with E-state index in [-0.39, 0.29) is 22.8 Å². The van der Waals surface area contributed by atoms with Crippen LogP contribution in [0.5, 0.6) is 11.5 Å². The van der Waals surface area contributed by atoms with Gasteiger partial charge in [-0.25, -0.2) is 17.6 Å². The van der Waals surface area contributed by atoms with Gasteiger partial charge in [0.1, 0.15) is 17.3 Å². The Kier molecular flexibility index (Phi) is 7.22. The van der Waals surface area contributed by atoms with Crippen LogP contribution in [0.15, 0.2) is 70.5 Å². The number of halogens is 1. The second-order valence-corrected chi connectivity index (χ2v) is 10.1. The summed E-state index contributed by atoms with van der Waals surface area (Å²) < 4.78 is 46.3. The molecule has 1 N–H and O–H groups in total. The highest BCUT2D eigenvalue weighted by atomic mass is 32.3. The van der Waals surface area contributed by atoms with E-state index in [0.29, 0.717) is 27.5 Å². The van der Waals surface area contributed by atoms with Crippen molar-refractivity contribution in [2.45, 2.75) is 30.6 Å². The van der Waals surface area contributed by atoms with E-state index in [1.54, 1.807) is 45.0 Å². The standard InChI is InChI=1S/C23H22FNO5S2/c1-4-25(32(28,29)21-13-15(2)16(3)22(14-21)23(26)27)31-20-11-9-19(10-12-20)30-18-7-5-17(24)6-8-18/h5-14H,4H2,1-3H3,(H,26,27). The minimum Gasteiger partial charge on any atom is -0.478 e. The maximum atomic E-state index is 13.2. The largest absolute Gasteiger partial charge is 0.478 e. The van der Waals surface area contributed by atoms with Crippen LogP contribution in [0.4, 0.5) is 4.39 Å². The summed E-state index contributed by atoms with van der Waals surface area (Å²) in [6.07, 6.45) is 0. The van der Waals surface area contributed by atoms with Crippen molar-refractivity contribution in [3.05, 3.63) is 83.2 Å². The van der Waals surface area contributed by atoms with Crippen molar-refractivity contribution in [3.8, 4) is 11.5 Å². The average Bonchev–Trinajstić information content (AvgIpc) is 2.76. The minimum absolute atomic E-state index is 0.0353. The van der Waals surface area contributed by atoms with Gasteiger partial charge in [0.15, 0.2) is 0 Å². The zero-order valence-electron chi connectivity index (χ0n) is 17.7. The number of aromatic carboxylic acids is 1. The van der Waals surface area contributed by atoms with E-state index in [4.69, 9.17) is 4.74 Å². The van der Waals surface area contributed by atoms with E-state index in [0.717, 1.165) is 11.9 Å². The van der Waals surface area contributed by atoms with Crippen molar-refractivity contribution in [1.82, 2.24) is 3.71 Å². The number of rotatable bonds is 8. The molecule has 0 fully saturated rings. The fourth-order valence-corrected chi connectivity index (χ4v) is 5.62. The maximum Gasteiger partial charge on any atom is 0.336 e. The number of aryl methyl sites for hydroxylation is 1. The summed E-state index contributed by atoms with van der Waals surface area (Å²) in [4.78, 5) is 12.1. The predicted molar refractivity (Wildman–Crippen MR) is 121 cm³/mol. The zero-order chi connectivity index (χ0) is 23.5. The second kappa shape index (κ2) is 9.72. The smallest absolute Gasteiger partial charge is 0.336 e. The summed E-state index contributed by atoms with van der Waals surface area (Å²) in [7, 11) is -3.94. The molecule has 0 spiro atoms. The van der Waals surface area contributed by atoms with Crippen LogP contribution in [0.25, 0.3) is 0 Å². The number of hydrogen-bond donors (Lipinski definition) is 1. The van der Waals surface area contributed by atoms with Crippen molar-refractivity contribution in [3.63, 3.8) is 0 Å². The third-order valence-electron chi connectivity index (χ3n) is 4.78. The molecule has 168 valence electrons. The number of sulfonamides is 1. The van der Waals surface area contributed by atoms with E-state index in [1.165, 1.54) is 40.1 Å². The van der Waals surface area contributed by atoms with Crippen molar-refractivity contribution >= 4 is 27.9 Å². The van der Waals surface area contributed by atoms with Crippen LogP contribution in [-0.4, -0.2) is 29.7 Å². The molecule has 0 aromatic heterocycles. The molecule has 32 heavy (non-hydrogen) atoms. The van der Waals surface area contributed by atoms with Gasteiger partial charge in [-0.15, -0.1) is 3.71 Å². The molecule has 3 aromatic rings. The molecular formula is C23H22FNO5S2. The van der Waals surface area contributed by atoms with Gasteiger partial charge in [-0.1, -0.05) is 6.92 Å². The molecule has 0 radical (unpaired) electrons. The molecule has 0 aliphatic carbocycles. The Morgan fingerprint density at radius 1 is 1.03 bits per heavy atom. The van der Waals surface area contributed by atoms with Gasteiger partial charge < -0.3 is 9.84 Å². The number of hydrogen-bond acceptors (Lipinski definition) is 5. The maximum absolute atomic E-state index is 13.2. The monoisotopic (exact) mass is 475 g/mol. The molecule has 0 saturated carbocycles. The normalized spacial score (nSPS) is 11.5. The highest BCUT2D eigenvalue weighted by Gasteiger charge is 2.26. The first-order valence-electron chi connectivity index (χ1n) is 9.70. The van der Waals surface area contributed by atoms with Gasteiger partial charge in [-0.05, 0) is 97.6 Å². The quantitative estimate of drug-likeness (QED) is 0.424. The van der Waals surface area contributed by atoms with Gasteiger partial charge >= 0.3 is 5.97 Å². The van der Waals surface area contributed by atoms with Crippen molar-refractivity contribution in [2.75, 3.05) is 6.54 Å². The summed E-state index contributed by atoms with van der Waals surface area (Å²) in [6.45, 7) is 5.22. The van der Waals surface area contributed by atoms with E-state index >= 15 is 0 Å². The molecule has 0 atom stereocenters. The van der Waals surface area contributed by atoms with E-state index in [9.17, 15) is 22.7 Å². The summed E-state index contributed by atoms with van der Waals surface area (Å²) in [5, 5.41) is 9.41. The van der Waals surface area contributed by atoms with Crippen LogP contribution < -0.4 is 4.74 Å². The highest BCUT2D eigenvalue weighted by Crippen LogP contribution is 2.32. The van der Waals surface area contributed by atoms with Gasteiger partial charge in [-0.2, -0.15) is 0 Å². The summed E-state index contributed by atoms with van der Waals surface area (Å²) in [5.41, 5.74) is 1.09. The molecule has 9 heteroatoms. The zero-order valence-corrected chi connectivity index (χ0v) is 19.3. The third-order valence-corrected chi connectivity index (χ3v) is 8.16. The molecule has 3 rings (SSSR count). The third kappa shape index (κ3) is 5.29. The number of carboxylic acids is 1. The molecule has 3 aromatic carbocycles. The lowest BCUT2D eigenvalue weighted by molar-refractivity contribution is 0.0695. The number of benzene rings is 3. The molecule has 0 saturated heterocycles. The second-order valence-electron chi connectivity index (χ2n) is 6.96. The van der Waals surface area contributed by atoms with E-state index in [2.05, 4.69) is 0 Å².